The standard InChI is InChI=1S/C20H19ClN4O4/c1-12-17(19(27)25(24(12)3)15-7-5-4-6-8-15)23-18(26)13(2)29-20(28)14-9-10-22-16(21)11-14/h4-11,13H,1-3H3,(H,23,26). The third-order valence-corrected chi connectivity index (χ3v) is 4.62. The molecule has 3 rings (SSSR count). The Morgan fingerprint density at radius 1 is 1.21 bits per heavy atom. The molecule has 9 heteroatoms. The molecule has 0 radical (unpaired) electrons. The summed E-state index contributed by atoms with van der Waals surface area (Å²) < 4.78 is 8.26. The van der Waals surface area contributed by atoms with E-state index in [-0.39, 0.29) is 22.0 Å². The van der Waals surface area contributed by atoms with E-state index < -0.39 is 18.0 Å². The highest BCUT2D eigenvalue weighted by Gasteiger charge is 2.23. The zero-order valence-electron chi connectivity index (χ0n) is 16.0. The predicted octanol–water partition coefficient (Wildman–Crippen LogP) is 2.72. The molecule has 1 N–H and O–H groups in total. The fourth-order valence-electron chi connectivity index (χ4n) is 2.75. The first-order chi connectivity index (χ1) is 13.8. The Morgan fingerprint density at radius 3 is 2.55 bits per heavy atom. The van der Waals surface area contributed by atoms with Crippen LogP contribution in [0.3, 0.4) is 0 Å². The third-order valence-electron chi connectivity index (χ3n) is 4.42. The van der Waals surface area contributed by atoms with Gasteiger partial charge >= 0.3 is 5.97 Å². The van der Waals surface area contributed by atoms with Crippen molar-refractivity contribution in [2.45, 2.75) is 20.0 Å². The van der Waals surface area contributed by atoms with E-state index in [1.807, 2.05) is 18.2 Å². The summed E-state index contributed by atoms with van der Waals surface area (Å²) >= 11 is 5.76. The van der Waals surface area contributed by atoms with Gasteiger partial charge in [-0.2, -0.15) is 0 Å². The van der Waals surface area contributed by atoms with Crippen LogP contribution in [-0.4, -0.2) is 32.3 Å². The number of hydrogen-bond acceptors (Lipinski definition) is 5. The van der Waals surface area contributed by atoms with Crippen LogP contribution in [0, 0.1) is 6.92 Å². The average Bonchev–Trinajstić information content (AvgIpc) is 2.91. The number of hydrogen-bond donors (Lipinski definition) is 1. The lowest BCUT2D eigenvalue weighted by atomic mass is 10.2. The third kappa shape index (κ3) is 4.22. The number of esters is 1. The van der Waals surface area contributed by atoms with Gasteiger partial charge in [-0.1, -0.05) is 29.8 Å². The normalized spacial score (nSPS) is 11.7. The van der Waals surface area contributed by atoms with Crippen LogP contribution in [0.4, 0.5) is 5.69 Å². The molecule has 1 amide bonds. The number of pyridine rings is 1. The van der Waals surface area contributed by atoms with Gasteiger partial charge < -0.3 is 10.1 Å². The van der Waals surface area contributed by atoms with Gasteiger partial charge in [-0.25, -0.2) is 14.5 Å². The van der Waals surface area contributed by atoms with Gasteiger partial charge in [0, 0.05) is 13.2 Å². The molecule has 3 aromatic rings. The molecule has 1 unspecified atom stereocenters. The first kappa shape index (κ1) is 20.3. The maximum Gasteiger partial charge on any atom is 0.339 e. The maximum atomic E-state index is 12.8. The smallest absolute Gasteiger partial charge is 0.339 e. The number of aromatic nitrogens is 3. The molecular formula is C20H19ClN4O4. The van der Waals surface area contributed by atoms with Crippen LogP contribution >= 0.6 is 11.6 Å². The van der Waals surface area contributed by atoms with Gasteiger partial charge in [0.1, 0.15) is 10.8 Å². The zero-order valence-corrected chi connectivity index (χ0v) is 16.8. The molecule has 0 aliphatic rings. The van der Waals surface area contributed by atoms with E-state index in [0.29, 0.717) is 11.4 Å². The van der Waals surface area contributed by atoms with E-state index in [2.05, 4.69) is 10.3 Å². The number of nitrogens with zero attached hydrogens (tertiary/aromatic N) is 3. The first-order valence-corrected chi connectivity index (χ1v) is 9.15. The maximum absolute atomic E-state index is 12.8. The quantitative estimate of drug-likeness (QED) is 0.511. The van der Waals surface area contributed by atoms with Crippen molar-refractivity contribution in [2.24, 2.45) is 7.05 Å². The van der Waals surface area contributed by atoms with Crippen LogP contribution in [-0.2, 0) is 16.6 Å². The minimum absolute atomic E-state index is 0.121. The molecule has 0 spiro atoms. The summed E-state index contributed by atoms with van der Waals surface area (Å²) in [5.74, 6) is -1.34. The number of amides is 1. The topological polar surface area (TPSA) is 95.2 Å². The number of carbonyl (C=O) groups excluding carboxylic acids is 2. The van der Waals surface area contributed by atoms with Crippen molar-refractivity contribution in [3.63, 3.8) is 0 Å². The lowest BCUT2D eigenvalue weighted by Gasteiger charge is -2.13. The fraction of sp³-hybridized carbons (Fsp3) is 0.200. The van der Waals surface area contributed by atoms with E-state index in [1.54, 1.807) is 30.8 Å². The number of carbonyl (C=O) groups is 2. The number of ether oxygens (including phenoxy) is 1. The van der Waals surface area contributed by atoms with E-state index in [0.717, 1.165) is 0 Å². The largest absolute Gasteiger partial charge is 0.449 e. The van der Waals surface area contributed by atoms with Crippen LogP contribution in [0.25, 0.3) is 5.69 Å². The van der Waals surface area contributed by atoms with Crippen molar-refractivity contribution >= 4 is 29.2 Å². The minimum atomic E-state index is -1.13. The van der Waals surface area contributed by atoms with Gasteiger partial charge in [0.2, 0.25) is 0 Å². The minimum Gasteiger partial charge on any atom is -0.449 e. The lowest BCUT2D eigenvalue weighted by Crippen LogP contribution is -2.32. The molecule has 0 aliphatic carbocycles. The molecule has 1 atom stereocenters. The van der Waals surface area contributed by atoms with Crippen molar-refractivity contribution in [1.82, 2.24) is 14.3 Å². The molecular weight excluding hydrogens is 396 g/mol. The van der Waals surface area contributed by atoms with Crippen molar-refractivity contribution < 1.29 is 14.3 Å². The Labute approximate surface area is 171 Å². The monoisotopic (exact) mass is 414 g/mol. The Bertz CT molecular complexity index is 1120. The summed E-state index contributed by atoms with van der Waals surface area (Å²) in [6.45, 7) is 3.14. The Hall–Kier alpha value is -3.39. The molecule has 0 bridgehead atoms. The second-order valence-corrected chi connectivity index (χ2v) is 6.73. The van der Waals surface area contributed by atoms with Crippen molar-refractivity contribution in [3.05, 3.63) is 75.4 Å². The van der Waals surface area contributed by atoms with Gasteiger partial charge in [0.15, 0.2) is 6.10 Å². The van der Waals surface area contributed by atoms with E-state index in [1.165, 1.54) is 29.9 Å². The van der Waals surface area contributed by atoms with Gasteiger partial charge in [-0.3, -0.25) is 14.3 Å². The van der Waals surface area contributed by atoms with Crippen LogP contribution in [0.1, 0.15) is 23.0 Å². The molecule has 29 heavy (non-hydrogen) atoms. The molecule has 0 saturated heterocycles. The molecule has 1 aromatic carbocycles. The Balaban J connectivity index is 1.79. The van der Waals surface area contributed by atoms with Gasteiger partial charge in [0.05, 0.1) is 16.9 Å². The van der Waals surface area contributed by atoms with Gasteiger partial charge in [-0.05, 0) is 38.1 Å². The molecule has 8 nitrogen and oxygen atoms in total. The predicted molar refractivity (Wildman–Crippen MR) is 109 cm³/mol. The SMILES string of the molecule is Cc1c(NC(=O)C(C)OC(=O)c2ccnc(Cl)c2)c(=O)n(-c2ccccc2)n1C. The number of halogens is 1. The molecule has 150 valence electrons. The van der Waals surface area contributed by atoms with Crippen molar-refractivity contribution in [2.75, 3.05) is 5.32 Å². The molecule has 0 aliphatic heterocycles. The van der Waals surface area contributed by atoms with Crippen LogP contribution in [0.15, 0.2) is 53.5 Å². The molecule has 0 fully saturated rings. The lowest BCUT2D eigenvalue weighted by molar-refractivity contribution is -0.123. The summed E-state index contributed by atoms with van der Waals surface area (Å²) in [5, 5.41) is 2.71. The van der Waals surface area contributed by atoms with Gasteiger partial charge in [-0.15, -0.1) is 0 Å². The highest BCUT2D eigenvalue weighted by atomic mass is 35.5. The van der Waals surface area contributed by atoms with Gasteiger partial charge in [0.25, 0.3) is 11.5 Å². The second-order valence-electron chi connectivity index (χ2n) is 6.34. The Morgan fingerprint density at radius 2 is 1.90 bits per heavy atom. The number of rotatable bonds is 5. The fourth-order valence-corrected chi connectivity index (χ4v) is 2.92. The molecule has 2 heterocycles. The summed E-state index contributed by atoms with van der Waals surface area (Å²) in [5.41, 5.74) is 1.14. The second kappa shape index (κ2) is 8.32. The summed E-state index contributed by atoms with van der Waals surface area (Å²) in [7, 11) is 1.72. The molecule has 0 saturated carbocycles. The molecule has 2 aromatic heterocycles. The van der Waals surface area contributed by atoms with Crippen molar-refractivity contribution in [3.8, 4) is 5.69 Å². The number of anilines is 1. The summed E-state index contributed by atoms with van der Waals surface area (Å²) in [6, 6.07) is 11.8. The van der Waals surface area contributed by atoms with E-state index >= 15 is 0 Å². The Kier molecular flexibility index (Phi) is 5.84. The van der Waals surface area contributed by atoms with Crippen molar-refractivity contribution in [1.29, 1.82) is 0 Å². The number of para-hydroxylation sites is 1. The van der Waals surface area contributed by atoms with Crippen LogP contribution in [0.2, 0.25) is 5.15 Å². The number of nitrogens with one attached hydrogen (secondary N) is 1. The van der Waals surface area contributed by atoms with E-state index in [4.69, 9.17) is 16.3 Å². The summed E-state index contributed by atoms with van der Waals surface area (Å²) in [4.78, 5) is 41.3. The number of benzene rings is 1. The van der Waals surface area contributed by atoms with Crippen LogP contribution < -0.4 is 10.9 Å². The van der Waals surface area contributed by atoms with E-state index in [9.17, 15) is 14.4 Å². The summed E-state index contributed by atoms with van der Waals surface area (Å²) in [6.07, 6.45) is 0.238. The first-order valence-electron chi connectivity index (χ1n) is 8.77. The van der Waals surface area contributed by atoms with Crippen LogP contribution in [0.5, 0.6) is 0 Å². The average molecular weight is 415 g/mol. The highest BCUT2D eigenvalue weighted by molar-refractivity contribution is 6.29. The zero-order chi connectivity index (χ0) is 21.1. The highest BCUT2D eigenvalue weighted by Crippen LogP contribution is 2.15.